The zero-order valence-corrected chi connectivity index (χ0v) is 15.2. The van der Waals surface area contributed by atoms with Gasteiger partial charge in [0.2, 0.25) is 5.91 Å². The Morgan fingerprint density at radius 1 is 1.15 bits per heavy atom. The normalized spacial score (nSPS) is 23.9. The molecular formula is C20H26N4O2. The number of nitrogens with zero attached hydrogens (tertiary/aromatic N) is 2. The van der Waals surface area contributed by atoms with Gasteiger partial charge in [0.1, 0.15) is 0 Å². The Kier molecular flexibility index (Phi) is 5.02. The van der Waals surface area contributed by atoms with Crippen molar-refractivity contribution in [3.8, 4) is 11.5 Å². The van der Waals surface area contributed by atoms with Crippen LogP contribution >= 0.6 is 0 Å². The van der Waals surface area contributed by atoms with E-state index in [0.717, 1.165) is 24.2 Å². The number of aromatic nitrogens is 2. The van der Waals surface area contributed by atoms with Gasteiger partial charge in [-0.2, -0.15) is 4.98 Å². The molecule has 1 aliphatic heterocycles. The number of aryl methyl sites for hydroxylation is 1. The zero-order valence-electron chi connectivity index (χ0n) is 15.2. The standard InChI is InChI=1S/C20H26N4O2/c1-13-22-20(26-24-13)15-7-9-16(10-8-15)23-19(25)18-17(11-12-21-18)14-5-3-2-4-6-14/h7-10,14,17-18,21H,2-6,11-12H2,1H3,(H,23,25)/t17-,18-/m0/s1. The van der Waals surface area contributed by atoms with Crippen LogP contribution in [0.2, 0.25) is 0 Å². The van der Waals surface area contributed by atoms with E-state index in [9.17, 15) is 4.79 Å². The Labute approximate surface area is 153 Å². The van der Waals surface area contributed by atoms with E-state index in [2.05, 4.69) is 20.8 Å². The van der Waals surface area contributed by atoms with Crippen LogP contribution in [-0.2, 0) is 4.79 Å². The monoisotopic (exact) mass is 354 g/mol. The third kappa shape index (κ3) is 3.65. The van der Waals surface area contributed by atoms with E-state index in [4.69, 9.17) is 4.52 Å². The van der Waals surface area contributed by atoms with Crippen molar-refractivity contribution in [2.45, 2.75) is 51.5 Å². The number of hydrogen-bond acceptors (Lipinski definition) is 5. The van der Waals surface area contributed by atoms with E-state index in [1.807, 2.05) is 24.3 Å². The summed E-state index contributed by atoms with van der Waals surface area (Å²) in [4.78, 5) is 17.0. The van der Waals surface area contributed by atoms with Crippen molar-refractivity contribution in [3.05, 3.63) is 30.1 Å². The second-order valence-corrected chi connectivity index (χ2v) is 7.50. The first kappa shape index (κ1) is 17.2. The number of nitrogens with one attached hydrogen (secondary N) is 2. The number of carbonyl (C=O) groups excluding carboxylic acids is 1. The summed E-state index contributed by atoms with van der Waals surface area (Å²) in [6.07, 6.45) is 7.62. The van der Waals surface area contributed by atoms with Gasteiger partial charge in [0, 0.05) is 11.3 Å². The van der Waals surface area contributed by atoms with Gasteiger partial charge in [0.05, 0.1) is 6.04 Å². The van der Waals surface area contributed by atoms with Crippen LogP contribution in [0.3, 0.4) is 0 Å². The summed E-state index contributed by atoms with van der Waals surface area (Å²) in [7, 11) is 0. The molecule has 0 spiro atoms. The molecule has 6 heteroatoms. The molecule has 2 aromatic rings. The lowest BCUT2D eigenvalue weighted by Crippen LogP contribution is -2.42. The van der Waals surface area contributed by atoms with Crippen LogP contribution in [0.5, 0.6) is 0 Å². The fourth-order valence-electron chi connectivity index (χ4n) is 4.41. The average molecular weight is 354 g/mol. The molecule has 1 amide bonds. The van der Waals surface area contributed by atoms with Gasteiger partial charge < -0.3 is 15.2 Å². The van der Waals surface area contributed by atoms with E-state index in [0.29, 0.717) is 23.6 Å². The molecule has 6 nitrogen and oxygen atoms in total. The molecule has 0 unspecified atom stereocenters. The van der Waals surface area contributed by atoms with Gasteiger partial charge in [-0.25, -0.2) is 0 Å². The average Bonchev–Trinajstić information content (AvgIpc) is 3.32. The molecule has 1 aromatic heterocycles. The van der Waals surface area contributed by atoms with Gasteiger partial charge in [-0.1, -0.05) is 37.3 Å². The highest BCUT2D eigenvalue weighted by atomic mass is 16.5. The number of benzene rings is 1. The van der Waals surface area contributed by atoms with Crippen LogP contribution in [0.1, 0.15) is 44.3 Å². The quantitative estimate of drug-likeness (QED) is 0.878. The molecule has 2 N–H and O–H groups in total. The molecule has 1 saturated heterocycles. The van der Waals surface area contributed by atoms with Gasteiger partial charge in [0.25, 0.3) is 5.89 Å². The van der Waals surface area contributed by atoms with Crippen molar-refractivity contribution >= 4 is 11.6 Å². The van der Waals surface area contributed by atoms with Crippen LogP contribution in [0.4, 0.5) is 5.69 Å². The predicted molar refractivity (Wildman–Crippen MR) is 99.6 cm³/mol. The second kappa shape index (κ2) is 7.58. The summed E-state index contributed by atoms with van der Waals surface area (Å²) in [6.45, 7) is 2.73. The van der Waals surface area contributed by atoms with Crippen molar-refractivity contribution in [1.29, 1.82) is 0 Å². The summed E-state index contributed by atoms with van der Waals surface area (Å²) in [5.74, 6) is 2.35. The third-order valence-electron chi connectivity index (χ3n) is 5.73. The predicted octanol–water partition coefficient (Wildman–Crippen LogP) is 3.54. The summed E-state index contributed by atoms with van der Waals surface area (Å²) >= 11 is 0. The molecule has 4 rings (SSSR count). The van der Waals surface area contributed by atoms with E-state index < -0.39 is 0 Å². The van der Waals surface area contributed by atoms with Crippen LogP contribution in [-0.4, -0.2) is 28.6 Å². The fraction of sp³-hybridized carbons (Fsp3) is 0.550. The van der Waals surface area contributed by atoms with Gasteiger partial charge in [-0.05, 0) is 56.0 Å². The molecule has 26 heavy (non-hydrogen) atoms. The van der Waals surface area contributed by atoms with Gasteiger partial charge in [0.15, 0.2) is 5.82 Å². The van der Waals surface area contributed by atoms with Crippen molar-refractivity contribution in [3.63, 3.8) is 0 Å². The fourth-order valence-corrected chi connectivity index (χ4v) is 4.41. The largest absolute Gasteiger partial charge is 0.334 e. The Hall–Kier alpha value is -2.21. The minimum absolute atomic E-state index is 0.0728. The Bertz CT molecular complexity index is 749. The molecule has 138 valence electrons. The van der Waals surface area contributed by atoms with Gasteiger partial charge in [-0.3, -0.25) is 4.79 Å². The summed E-state index contributed by atoms with van der Waals surface area (Å²) in [6, 6.07) is 7.48. The second-order valence-electron chi connectivity index (χ2n) is 7.50. The van der Waals surface area contributed by atoms with E-state index >= 15 is 0 Å². The first-order valence-electron chi connectivity index (χ1n) is 9.66. The highest BCUT2D eigenvalue weighted by Gasteiger charge is 2.38. The third-order valence-corrected chi connectivity index (χ3v) is 5.73. The minimum Gasteiger partial charge on any atom is -0.334 e. The lowest BCUT2D eigenvalue weighted by molar-refractivity contribution is -0.119. The number of amides is 1. The van der Waals surface area contributed by atoms with E-state index in [1.165, 1.54) is 32.1 Å². The van der Waals surface area contributed by atoms with Gasteiger partial charge >= 0.3 is 0 Å². The summed E-state index contributed by atoms with van der Waals surface area (Å²) in [5.41, 5.74) is 1.65. The number of carbonyl (C=O) groups is 1. The molecule has 0 bridgehead atoms. The SMILES string of the molecule is Cc1noc(-c2ccc(NC(=O)[C@H]3NCC[C@H]3C3CCCCC3)cc2)n1. The smallest absolute Gasteiger partial charge is 0.257 e. The van der Waals surface area contributed by atoms with E-state index in [1.54, 1.807) is 6.92 Å². The van der Waals surface area contributed by atoms with Crippen LogP contribution in [0.15, 0.2) is 28.8 Å². The molecule has 2 heterocycles. The molecule has 2 aliphatic rings. The number of anilines is 1. The maximum absolute atomic E-state index is 12.8. The van der Waals surface area contributed by atoms with Crippen molar-refractivity contribution < 1.29 is 9.32 Å². The van der Waals surface area contributed by atoms with Crippen LogP contribution in [0.25, 0.3) is 11.5 Å². The maximum atomic E-state index is 12.8. The molecule has 0 radical (unpaired) electrons. The Morgan fingerprint density at radius 2 is 1.92 bits per heavy atom. The number of hydrogen-bond donors (Lipinski definition) is 2. The lowest BCUT2D eigenvalue weighted by atomic mass is 9.76. The molecule has 2 fully saturated rings. The Morgan fingerprint density at radius 3 is 2.62 bits per heavy atom. The maximum Gasteiger partial charge on any atom is 0.257 e. The van der Waals surface area contributed by atoms with Crippen molar-refractivity contribution in [2.75, 3.05) is 11.9 Å². The Balaban J connectivity index is 1.40. The highest BCUT2D eigenvalue weighted by molar-refractivity contribution is 5.95. The minimum atomic E-state index is -0.0728. The molecule has 1 saturated carbocycles. The molecular weight excluding hydrogens is 328 g/mol. The van der Waals surface area contributed by atoms with Gasteiger partial charge in [-0.15, -0.1) is 0 Å². The molecule has 1 aromatic carbocycles. The number of rotatable bonds is 4. The van der Waals surface area contributed by atoms with Crippen LogP contribution in [0, 0.1) is 18.8 Å². The molecule has 2 atom stereocenters. The summed E-state index contributed by atoms with van der Waals surface area (Å²) in [5, 5.41) is 10.3. The lowest BCUT2D eigenvalue weighted by Gasteiger charge is -2.30. The van der Waals surface area contributed by atoms with E-state index in [-0.39, 0.29) is 11.9 Å². The zero-order chi connectivity index (χ0) is 17.9. The summed E-state index contributed by atoms with van der Waals surface area (Å²) < 4.78 is 5.18. The first-order valence-corrected chi connectivity index (χ1v) is 9.66. The van der Waals surface area contributed by atoms with Crippen molar-refractivity contribution in [2.24, 2.45) is 11.8 Å². The molecule has 1 aliphatic carbocycles. The van der Waals surface area contributed by atoms with Crippen LogP contribution < -0.4 is 10.6 Å². The highest BCUT2D eigenvalue weighted by Crippen LogP contribution is 2.36. The topological polar surface area (TPSA) is 80.0 Å². The van der Waals surface area contributed by atoms with Crippen molar-refractivity contribution in [1.82, 2.24) is 15.5 Å². The first-order chi connectivity index (χ1) is 12.7.